The highest BCUT2D eigenvalue weighted by atomic mass is 16.5. The van der Waals surface area contributed by atoms with Gasteiger partial charge in [0.1, 0.15) is 6.04 Å². The monoisotopic (exact) mass is 263 g/mol. The van der Waals surface area contributed by atoms with Gasteiger partial charge >= 0.3 is 0 Å². The Morgan fingerprint density at radius 1 is 1.26 bits per heavy atom. The zero-order valence-corrected chi connectivity index (χ0v) is 11.0. The van der Waals surface area contributed by atoms with Crippen molar-refractivity contribution in [3.05, 3.63) is 12.1 Å². The predicted octanol–water partition coefficient (Wildman–Crippen LogP) is 0.434. The molecule has 3 rings (SSSR count). The fourth-order valence-electron chi connectivity index (χ4n) is 2.65. The molecule has 0 radical (unpaired) electrons. The van der Waals surface area contributed by atoms with Crippen LogP contribution in [0.4, 0.5) is 11.4 Å². The van der Waals surface area contributed by atoms with Gasteiger partial charge in [0, 0.05) is 31.8 Å². The predicted molar refractivity (Wildman–Crippen MR) is 72.2 cm³/mol. The van der Waals surface area contributed by atoms with Gasteiger partial charge < -0.3 is 25.0 Å². The molecule has 1 atom stereocenters. The SMILES string of the molecule is COc1cc2c(cc1OC)N1CCNCC1C(=O)N2. The number of benzene rings is 1. The summed E-state index contributed by atoms with van der Waals surface area (Å²) in [6.45, 7) is 2.34. The molecule has 0 aliphatic carbocycles. The minimum absolute atomic E-state index is 0.0203. The number of piperazine rings is 1. The van der Waals surface area contributed by atoms with E-state index in [1.807, 2.05) is 12.1 Å². The van der Waals surface area contributed by atoms with Crippen molar-refractivity contribution < 1.29 is 14.3 Å². The molecule has 1 aromatic carbocycles. The molecule has 102 valence electrons. The highest BCUT2D eigenvalue weighted by Gasteiger charge is 2.35. The molecule has 6 heteroatoms. The summed E-state index contributed by atoms with van der Waals surface area (Å²) in [6, 6.07) is 3.58. The van der Waals surface area contributed by atoms with Crippen LogP contribution in [0.1, 0.15) is 0 Å². The summed E-state index contributed by atoms with van der Waals surface area (Å²) in [5, 5.41) is 6.17. The Balaban J connectivity index is 2.08. The van der Waals surface area contributed by atoms with Crippen LogP contribution < -0.4 is 25.0 Å². The molecule has 0 saturated carbocycles. The molecule has 2 aliphatic heterocycles. The number of nitrogens with zero attached hydrogens (tertiary/aromatic N) is 1. The van der Waals surface area contributed by atoms with Crippen molar-refractivity contribution in [3.63, 3.8) is 0 Å². The minimum atomic E-state index is -0.153. The van der Waals surface area contributed by atoms with Crippen molar-refractivity contribution in [2.24, 2.45) is 0 Å². The lowest BCUT2D eigenvalue weighted by molar-refractivity contribution is -0.117. The average molecular weight is 263 g/mol. The van der Waals surface area contributed by atoms with Crippen LogP contribution in [-0.2, 0) is 4.79 Å². The summed E-state index contributed by atoms with van der Waals surface area (Å²) in [5.41, 5.74) is 1.77. The number of hydrogen-bond acceptors (Lipinski definition) is 5. The van der Waals surface area contributed by atoms with E-state index in [0.29, 0.717) is 18.0 Å². The normalized spacial score (nSPS) is 21.3. The largest absolute Gasteiger partial charge is 0.493 e. The zero-order valence-electron chi connectivity index (χ0n) is 11.0. The van der Waals surface area contributed by atoms with Gasteiger partial charge in [-0.3, -0.25) is 4.79 Å². The van der Waals surface area contributed by atoms with Gasteiger partial charge in [-0.25, -0.2) is 0 Å². The van der Waals surface area contributed by atoms with Gasteiger partial charge in [-0.05, 0) is 0 Å². The number of amides is 1. The summed E-state index contributed by atoms with van der Waals surface area (Å²) < 4.78 is 10.6. The van der Waals surface area contributed by atoms with Gasteiger partial charge in [0.25, 0.3) is 0 Å². The molecule has 2 heterocycles. The molecular weight excluding hydrogens is 246 g/mol. The van der Waals surface area contributed by atoms with Gasteiger partial charge in [0.2, 0.25) is 5.91 Å². The molecule has 0 bridgehead atoms. The van der Waals surface area contributed by atoms with Crippen LogP contribution in [0, 0.1) is 0 Å². The number of carbonyl (C=O) groups excluding carboxylic acids is 1. The molecule has 1 saturated heterocycles. The van der Waals surface area contributed by atoms with Gasteiger partial charge in [-0.1, -0.05) is 0 Å². The molecule has 6 nitrogen and oxygen atoms in total. The summed E-state index contributed by atoms with van der Waals surface area (Å²) in [5.74, 6) is 1.32. The number of fused-ring (bicyclic) bond motifs is 3. The fourth-order valence-corrected chi connectivity index (χ4v) is 2.65. The maximum atomic E-state index is 12.1. The lowest BCUT2D eigenvalue weighted by atomic mass is 10.1. The smallest absolute Gasteiger partial charge is 0.248 e. The van der Waals surface area contributed by atoms with E-state index >= 15 is 0 Å². The summed E-state index contributed by atoms with van der Waals surface area (Å²) in [4.78, 5) is 14.2. The third kappa shape index (κ3) is 1.88. The second kappa shape index (κ2) is 4.62. The van der Waals surface area contributed by atoms with Crippen LogP contribution in [0.3, 0.4) is 0 Å². The number of nitrogens with one attached hydrogen (secondary N) is 2. The average Bonchev–Trinajstić information content (AvgIpc) is 2.46. The first kappa shape index (κ1) is 12.1. The molecule has 1 fully saturated rings. The highest BCUT2D eigenvalue weighted by molar-refractivity contribution is 6.04. The summed E-state index contributed by atoms with van der Waals surface area (Å²) in [7, 11) is 3.20. The number of methoxy groups -OCH3 is 2. The van der Waals surface area contributed by atoms with E-state index in [1.54, 1.807) is 14.2 Å². The van der Waals surface area contributed by atoms with E-state index in [2.05, 4.69) is 15.5 Å². The van der Waals surface area contributed by atoms with Crippen molar-refractivity contribution in [3.8, 4) is 11.5 Å². The van der Waals surface area contributed by atoms with Crippen molar-refractivity contribution >= 4 is 17.3 Å². The first-order valence-electron chi connectivity index (χ1n) is 6.29. The Kier molecular flexibility index (Phi) is 2.94. The number of hydrogen-bond donors (Lipinski definition) is 2. The Morgan fingerprint density at radius 3 is 2.74 bits per heavy atom. The molecular formula is C13H17N3O3. The number of ether oxygens (including phenoxy) is 2. The van der Waals surface area contributed by atoms with E-state index in [0.717, 1.165) is 24.5 Å². The first-order chi connectivity index (χ1) is 9.24. The Morgan fingerprint density at radius 2 is 2.00 bits per heavy atom. The summed E-state index contributed by atoms with van der Waals surface area (Å²) in [6.07, 6.45) is 0. The van der Waals surface area contributed by atoms with Crippen molar-refractivity contribution in [1.82, 2.24) is 5.32 Å². The van der Waals surface area contributed by atoms with Gasteiger partial charge in [-0.15, -0.1) is 0 Å². The van der Waals surface area contributed by atoms with Crippen LogP contribution in [0.2, 0.25) is 0 Å². The van der Waals surface area contributed by atoms with E-state index in [9.17, 15) is 4.79 Å². The van der Waals surface area contributed by atoms with Crippen molar-refractivity contribution in [2.75, 3.05) is 44.1 Å². The molecule has 1 aromatic rings. The van der Waals surface area contributed by atoms with E-state index in [-0.39, 0.29) is 11.9 Å². The zero-order chi connectivity index (χ0) is 13.4. The van der Waals surface area contributed by atoms with Crippen molar-refractivity contribution in [2.45, 2.75) is 6.04 Å². The van der Waals surface area contributed by atoms with E-state index < -0.39 is 0 Å². The quantitative estimate of drug-likeness (QED) is 0.810. The molecule has 0 aromatic heterocycles. The third-order valence-corrected chi connectivity index (χ3v) is 3.62. The van der Waals surface area contributed by atoms with Crippen LogP contribution in [0.15, 0.2) is 12.1 Å². The molecule has 19 heavy (non-hydrogen) atoms. The number of anilines is 2. The standard InChI is InChI=1S/C13H17N3O3/c1-18-11-5-8-9(6-12(11)19-2)16-4-3-14-7-10(16)13(17)15-8/h5-6,10,14H,3-4,7H2,1-2H3,(H,15,17). The Hall–Kier alpha value is -1.95. The van der Waals surface area contributed by atoms with E-state index in [4.69, 9.17) is 9.47 Å². The Bertz CT molecular complexity index is 518. The molecule has 1 amide bonds. The van der Waals surface area contributed by atoms with Crippen LogP contribution in [0.5, 0.6) is 11.5 Å². The van der Waals surface area contributed by atoms with Gasteiger partial charge in [0.15, 0.2) is 11.5 Å². The second-order valence-electron chi connectivity index (χ2n) is 4.63. The lowest BCUT2D eigenvalue weighted by Gasteiger charge is -2.41. The van der Waals surface area contributed by atoms with Crippen molar-refractivity contribution in [1.29, 1.82) is 0 Å². The van der Waals surface area contributed by atoms with Crippen LogP contribution in [0.25, 0.3) is 0 Å². The maximum absolute atomic E-state index is 12.1. The minimum Gasteiger partial charge on any atom is -0.493 e. The number of rotatable bonds is 2. The van der Waals surface area contributed by atoms with E-state index in [1.165, 1.54) is 0 Å². The molecule has 2 N–H and O–H groups in total. The van der Waals surface area contributed by atoms with Gasteiger partial charge in [0.05, 0.1) is 25.6 Å². The van der Waals surface area contributed by atoms with Gasteiger partial charge in [-0.2, -0.15) is 0 Å². The third-order valence-electron chi connectivity index (χ3n) is 3.62. The van der Waals surface area contributed by atoms with Crippen LogP contribution in [-0.4, -0.2) is 45.8 Å². The molecule has 2 aliphatic rings. The lowest BCUT2D eigenvalue weighted by Crippen LogP contribution is -2.58. The van der Waals surface area contributed by atoms with Crippen LogP contribution >= 0.6 is 0 Å². The highest BCUT2D eigenvalue weighted by Crippen LogP contribution is 2.41. The summed E-state index contributed by atoms with van der Waals surface area (Å²) >= 11 is 0. The first-order valence-corrected chi connectivity index (χ1v) is 6.29. The number of carbonyl (C=O) groups is 1. The molecule has 0 spiro atoms. The topological polar surface area (TPSA) is 62.8 Å². The maximum Gasteiger partial charge on any atom is 0.248 e. The Labute approximate surface area is 111 Å². The second-order valence-corrected chi connectivity index (χ2v) is 4.63. The fraction of sp³-hybridized carbons (Fsp3) is 0.462. The molecule has 1 unspecified atom stereocenters.